The maximum Gasteiger partial charge on any atom is 0.335 e. The summed E-state index contributed by atoms with van der Waals surface area (Å²) in [7, 11) is 0. The minimum absolute atomic E-state index is 0.133. The van der Waals surface area contributed by atoms with Gasteiger partial charge >= 0.3 is 5.97 Å². The van der Waals surface area contributed by atoms with E-state index in [1.54, 1.807) is 6.07 Å². The van der Waals surface area contributed by atoms with Gasteiger partial charge in [-0.05, 0) is 12.1 Å². The number of carboxylic acid groups (broad SMARTS) is 1. The van der Waals surface area contributed by atoms with E-state index in [9.17, 15) is 4.79 Å². The topological polar surface area (TPSA) is 63.1 Å². The third-order valence-corrected chi connectivity index (χ3v) is 2.50. The molecule has 0 aliphatic carbocycles. The minimum Gasteiger partial charge on any atom is -0.478 e. The molecule has 1 heterocycles. The smallest absolute Gasteiger partial charge is 0.335 e. The SMILES string of the molecule is O=C(O)c1ccc2c(Cl)nnc(Cl)c2c1. The molecule has 76 valence electrons. The molecule has 0 unspecified atom stereocenters. The maximum atomic E-state index is 10.7. The number of benzene rings is 1. The summed E-state index contributed by atoms with van der Waals surface area (Å²) in [5, 5.41) is 17.4. The highest BCUT2D eigenvalue weighted by atomic mass is 35.5. The average Bonchev–Trinajstić information content (AvgIpc) is 2.23. The van der Waals surface area contributed by atoms with E-state index in [-0.39, 0.29) is 15.9 Å². The predicted molar refractivity (Wildman–Crippen MR) is 56.5 cm³/mol. The lowest BCUT2D eigenvalue weighted by atomic mass is 10.1. The summed E-state index contributed by atoms with van der Waals surface area (Å²) in [6.07, 6.45) is 0. The van der Waals surface area contributed by atoms with Gasteiger partial charge in [-0.2, -0.15) is 0 Å². The Morgan fingerprint density at radius 1 is 1.13 bits per heavy atom. The molecule has 1 aromatic heterocycles. The van der Waals surface area contributed by atoms with E-state index in [0.717, 1.165) is 0 Å². The van der Waals surface area contributed by atoms with E-state index in [1.165, 1.54) is 12.1 Å². The summed E-state index contributed by atoms with van der Waals surface area (Å²) in [6, 6.07) is 4.41. The molecular formula is C9H4Cl2N2O2. The fourth-order valence-corrected chi connectivity index (χ4v) is 1.62. The second-order valence-electron chi connectivity index (χ2n) is 2.85. The van der Waals surface area contributed by atoms with Crippen LogP contribution in [-0.4, -0.2) is 21.3 Å². The number of rotatable bonds is 1. The molecule has 1 aromatic carbocycles. The van der Waals surface area contributed by atoms with Gasteiger partial charge in [-0.25, -0.2) is 4.79 Å². The molecule has 1 N–H and O–H groups in total. The number of carbonyl (C=O) groups is 1. The zero-order chi connectivity index (χ0) is 11.0. The largest absolute Gasteiger partial charge is 0.478 e. The molecule has 0 bridgehead atoms. The first kappa shape index (κ1) is 10.1. The number of carboxylic acids is 1. The molecule has 0 aliphatic rings. The standard InChI is InChI=1S/C9H4Cl2N2O2/c10-7-5-2-1-4(9(14)15)3-6(5)8(11)13-12-7/h1-3H,(H,14,15). The van der Waals surface area contributed by atoms with Crippen LogP contribution in [-0.2, 0) is 0 Å². The summed E-state index contributed by atoms with van der Waals surface area (Å²) in [5.41, 5.74) is 0.133. The minimum atomic E-state index is -1.03. The summed E-state index contributed by atoms with van der Waals surface area (Å²) >= 11 is 11.6. The van der Waals surface area contributed by atoms with E-state index in [1.807, 2.05) is 0 Å². The van der Waals surface area contributed by atoms with Crippen LogP contribution in [0, 0.1) is 0 Å². The molecule has 0 radical (unpaired) electrons. The number of aromatic carboxylic acids is 1. The number of aromatic nitrogens is 2. The lowest BCUT2D eigenvalue weighted by Gasteiger charge is -2.01. The molecule has 0 saturated carbocycles. The number of nitrogens with zero attached hydrogens (tertiary/aromatic N) is 2. The molecule has 15 heavy (non-hydrogen) atoms. The predicted octanol–water partition coefficient (Wildman–Crippen LogP) is 2.63. The van der Waals surface area contributed by atoms with Crippen molar-refractivity contribution >= 4 is 39.9 Å². The van der Waals surface area contributed by atoms with E-state index in [4.69, 9.17) is 28.3 Å². The van der Waals surface area contributed by atoms with Crippen molar-refractivity contribution < 1.29 is 9.90 Å². The Kier molecular flexibility index (Phi) is 2.46. The lowest BCUT2D eigenvalue weighted by Crippen LogP contribution is -1.96. The van der Waals surface area contributed by atoms with Gasteiger partial charge in [0.1, 0.15) is 0 Å². The molecule has 0 fully saturated rings. The van der Waals surface area contributed by atoms with Crippen molar-refractivity contribution in [2.45, 2.75) is 0 Å². The Bertz CT molecular complexity index is 557. The van der Waals surface area contributed by atoms with E-state index in [0.29, 0.717) is 10.8 Å². The van der Waals surface area contributed by atoms with Crippen molar-refractivity contribution in [1.29, 1.82) is 0 Å². The van der Waals surface area contributed by atoms with Gasteiger partial charge in [0, 0.05) is 10.8 Å². The zero-order valence-corrected chi connectivity index (χ0v) is 8.75. The Morgan fingerprint density at radius 3 is 2.33 bits per heavy atom. The van der Waals surface area contributed by atoms with Gasteiger partial charge in [0.15, 0.2) is 10.3 Å². The quantitative estimate of drug-likeness (QED) is 0.836. The summed E-state index contributed by atoms with van der Waals surface area (Å²) in [5.74, 6) is -1.03. The van der Waals surface area contributed by atoms with Gasteiger partial charge in [-0.15, -0.1) is 10.2 Å². The van der Waals surface area contributed by atoms with E-state index in [2.05, 4.69) is 10.2 Å². The Hall–Kier alpha value is -1.39. The summed E-state index contributed by atoms with van der Waals surface area (Å²) < 4.78 is 0. The molecule has 2 rings (SSSR count). The summed E-state index contributed by atoms with van der Waals surface area (Å²) in [4.78, 5) is 10.7. The number of fused-ring (bicyclic) bond motifs is 1. The van der Waals surface area contributed by atoms with Crippen LogP contribution in [0.2, 0.25) is 10.3 Å². The lowest BCUT2D eigenvalue weighted by molar-refractivity contribution is 0.0697. The van der Waals surface area contributed by atoms with Crippen molar-refractivity contribution in [2.24, 2.45) is 0 Å². The molecule has 0 amide bonds. The van der Waals surface area contributed by atoms with E-state index < -0.39 is 5.97 Å². The highest BCUT2D eigenvalue weighted by Crippen LogP contribution is 2.26. The molecule has 0 spiro atoms. The maximum absolute atomic E-state index is 10.7. The zero-order valence-electron chi connectivity index (χ0n) is 7.24. The normalized spacial score (nSPS) is 10.5. The first-order valence-corrected chi connectivity index (χ1v) is 4.70. The average molecular weight is 243 g/mol. The van der Waals surface area contributed by atoms with Gasteiger partial charge in [0.05, 0.1) is 5.56 Å². The third-order valence-electron chi connectivity index (χ3n) is 1.94. The van der Waals surface area contributed by atoms with Crippen molar-refractivity contribution in [3.63, 3.8) is 0 Å². The van der Waals surface area contributed by atoms with Crippen molar-refractivity contribution in [1.82, 2.24) is 10.2 Å². The van der Waals surface area contributed by atoms with Crippen molar-refractivity contribution in [2.75, 3.05) is 0 Å². The van der Waals surface area contributed by atoms with Crippen LogP contribution < -0.4 is 0 Å². The highest BCUT2D eigenvalue weighted by molar-refractivity contribution is 6.38. The van der Waals surface area contributed by atoms with Crippen molar-refractivity contribution in [3.8, 4) is 0 Å². The van der Waals surface area contributed by atoms with E-state index >= 15 is 0 Å². The first-order valence-electron chi connectivity index (χ1n) is 3.94. The Balaban J connectivity index is 2.81. The first-order chi connectivity index (χ1) is 7.09. The number of halogens is 2. The second-order valence-corrected chi connectivity index (χ2v) is 3.56. The fourth-order valence-electron chi connectivity index (χ4n) is 1.22. The van der Waals surface area contributed by atoms with Gasteiger partial charge in [0.2, 0.25) is 0 Å². The van der Waals surface area contributed by atoms with Crippen LogP contribution in [0.5, 0.6) is 0 Å². The van der Waals surface area contributed by atoms with Gasteiger partial charge in [0.25, 0.3) is 0 Å². The number of hydrogen-bond acceptors (Lipinski definition) is 3. The Morgan fingerprint density at radius 2 is 1.73 bits per heavy atom. The van der Waals surface area contributed by atoms with Gasteiger partial charge < -0.3 is 5.11 Å². The van der Waals surface area contributed by atoms with Crippen LogP contribution in [0.25, 0.3) is 10.8 Å². The second kappa shape index (κ2) is 3.64. The van der Waals surface area contributed by atoms with Gasteiger partial charge in [-0.3, -0.25) is 0 Å². The third kappa shape index (κ3) is 1.73. The van der Waals surface area contributed by atoms with Gasteiger partial charge in [-0.1, -0.05) is 29.3 Å². The molecule has 2 aromatic rings. The molecular weight excluding hydrogens is 239 g/mol. The summed E-state index contributed by atoms with van der Waals surface area (Å²) in [6.45, 7) is 0. The molecule has 4 nitrogen and oxygen atoms in total. The Labute approximate surface area is 94.4 Å². The van der Waals surface area contributed by atoms with Crippen LogP contribution >= 0.6 is 23.2 Å². The molecule has 0 aliphatic heterocycles. The molecule has 6 heteroatoms. The molecule has 0 atom stereocenters. The van der Waals surface area contributed by atoms with Crippen LogP contribution in [0.15, 0.2) is 18.2 Å². The van der Waals surface area contributed by atoms with Crippen LogP contribution in [0.4, 0.5) is 0 Å². The number of hydrogen-bond donors (Lipinski definition) is 1. The highest BCUT2D eigenvalue weighted by Gasteiger charge is 2.09. The van der Waals surface area contributed by atoms with Crippen LogP contribution in [0.3, 0.4) is 0 Å². The monoisotopic (exact) mass is 242 g/mol. The van der Waals surface area contributed by atoms with Crippen LogP contribution in [0.1, 0.15) is 10.4 Å². The fraction of sp³-hybridized carbons (Fsp3) is 0. The molecule has 0 saturated heterocycles. The van der Waals surface area contributed by atoms with Crippen molar-refractivity contribution in [3.05, 3.63) is 34.1 Å².